The molecule has 0 bridgehead atoms. The molecule has 0 unspecified atom stereocenters. The van der Waals surface area contributed by atoms with Crippen molar-refractivity contribution in [3.8, 4) is 17.0 Å². The van der Waals surface area contributed by atoms with Gasteiger partial charge in [0.1, 0.15) is 11.6 Å². The minimum atomic E-state index is 0.351. The molecule has 0 saturated heterocycles. The van der Waals surface area contributed by atoms with Crippen molar-refractivity contribution in [1.29, 1.82) is 0 Å². The van der Waals surface area contributed by atoms with Crippen molar-refractivity contribution in [1.82, 2.24) is 10.2 Å². The molecular weight excluding hydrogens is 261 g/mol. The van der Waals surface area contributed by atoms with Crippen LogP contribution in [0.15, 0.2) is 24.3 Å². The second-order valence-corrected chi connectivity index (χ2v) is 4.12. The Bertz CT molecular complexity index is 543. The highest BCUT2D eigenvalue weighted by molar-refractivity contribution is 6.36. The van der Waals surface area contributed by atoms with E-state index in [1.54, 1.807) is 24.3 Å². The Morgan fingerprint density at radius 2 is 1.88 bits per heavy atom. The summed E-state index contributed by atoms with van der Waals surface area (Å²) in [6.45, 7) is 0. The molecule has 2 N–H and O–H groups in total. The second-order valence-electron chi connectivity index (χ2n) is 3.31. The van der Waals surface area contributed by atoms with Gasteiger partial charge in [-0.3, -0.25) is 0 Å². The maximum atomic E-state index is 6.12. The van der Waals surface area contributed by atoms with Crippen LogP contribution in [-0.2, 0) is 0 Å². The fraction of sp³-hybridized carbons (Fsp3) is 0.0909. The number of ether oxygens (including phenoxy) is 1. The molecule has 0 fully saturated rings. The number of anilines is 1. The van der Waals surface area contributed by atoms with E-state index in [2.05, 4.69) is 10.2 Å². The van der Waals surface area contributed by atoms with Gasteiger partial charge in [0.2, 0.25) is 0 Å². The molecule has 17 heavy (non-hydrogen) atoms. The second kappa shape index (κ2) is 4.77. The van der Waals surface area contributed by atoms with E-state index in [0.717, 1.165) is 0 Å². The van der Waals surface area contributed by atoms with E-state index in [4.69, 9.17) is 33.7 Å². The summed E-state index contributed by atoms with van der Waals surface area (Å²) in [7, 11) is 1.53. The highest BCUT2D eigenvalue weighted by Crippen LogP contribution is 2.35. The third kappa shape index (κ3) is 2.43. The van der Waals surface area contributed by atoms with Crippen molar-refractivity contribution < 1.29 is 4.74 Å². The number of methoxy groups -OCH3 is 1. The Labute approximate surface area is 108 Å². The van der Waals surface area contributed by atoms with Crippen LogP contribution < -0.4 is 10.5 Å². The van der Waals surface area contributed by atoms with Crippen molar-refractivity contribution in [2.75, 3.05) is 12.8 Å². The quantitative estimate of drug-likeness (QED) is 0.911. The summed E-state index contributed by atoms with van der Waals surface area (Å²) in [6.07, 6.45) is 0. The van der Waals surface area contributed by atoms with Gasteiger partial charge < -0.3 is 10.5 Å². The lowest BCUT2D eigenvalue weighted by atomic mass is 10.1. The number of nitrogens with two attached hydrogens (primary N) is 1. The first-order valence-corrected chi connectivity index (χ1v) is 5.50. The number of halogens is 2. The van der Waals surface area contributed by atoms with Crippen LogP contribution in [0, 0.1) is 0 Å². The Balaban J connectivity index is 2.52. The molecule has 2 aromatic rings. The number of benzene rings is 1. The first kappa shape index (κ1) is 12.0. The van der Waals surface area contributed by atoms with Crippen LogP contribution in [0.2, 0.25) is 10.0 Å². The van der Waals surface area contributed by atoms with Gasteiger partial charge in [0.25, 0.3) is 0 Å². The predicted octanol–water partition coefficient (Wildman–Crippen LogP) is 3.04. The molecule has 1 aromatic heterocycles. The Hall–Kier alpha value is -1.52. The SMILES string of the molecule is COc1cc(Cl)c(-c2ccc(N)nn2)cc1Cl. The third-order valence-electron chi connectivity index (χ3n) is 2.20. The summed E-state index contributed by atoms with van der Waals surface area (Å²) in [5.74, 6) is 0.869. The maximum Gasteiger partial charge on any atom is 0.146 e. The summed E-state index contributed by atoms with van der Waals surface area (Å²) in [6, 6.07) is 6.70. The van der Waals surface area contributed by atoms with Crippen molar-refractivity contribution in [2.24, 2.45) is 0 Å². The molecule has 0 aliphatic carbocycles. The molecule has 2 rings (SSSR count). The molecule has 0 radical (unpaired) electrons. The fourth-order valence-corrected chi connectivity index (χ4v) is 1.86. The Morgan fingerprint density at radius 3 is 2.47 bits per heavy atom. The van der Waals surface area contributed by atoms with Gasteiger partial charge in [-0.25, -0.2) is 0 Å². The number of rotatable bonds is 2. The number of nitrogens with zero attached hydrogens (tertiary/aromatic N) is 2. The lowest BCUT2D eigenvalue weighted by molar-refractivity contribution is 0.415. The van der Waals surface area contributed by atoms with Crippen molar-refractivity contribution in [3.05, 3.63) is 34.3 Å². The van der Waals surface area contributed by atoms with Gasteiger partial charge in [0.15, 0.2) is 0 Å². The van der Waals surface area contributed by atoms with Crippen LogP contribution in [0.1, 0.15) is 0 Å². The number of aromatic nitrogens is 2. The zero-order valence-electron chi connectivity index (χ0n) is 8.95. The molecule has 0 atom stereocenters. The summed E-state index contributed by atoms with van der Waals surface area (Å²) in [5, 5.41) is 8.67. The predicted molar refractivity (Wildman–Crippen MR) is 68.5 cm³/mol. The van der Waals surface area contributed by atoms with Crippen molar-refractivity contribution >= 4 is 29.0 Å². The number of nitrogen functional groups attached to an aromatic ring is 1. The largest absolute Gasteiger partial charge is 0.495 e. The normalized spacial score (nSPS) is 10.3. The summed E-state index contributed by atoms with van der Waals surface area (Å²) >= 11 is 12.1. The number of hydrogen-bond acceptors (Lipinski definition) is 4. The van der Waals surface area contributed by atoms with Gasteiger partial charge >= 0.3 is 0 Å². The maximum absolute atomic E-state index is 6.12. The van der Waals surface area contributed by atoms with Gasteiger partial charge in [-0.15, -0.1) is 10.2 Å². The number of hydrogen-bond donors (Lipinski definition) is 1. The topological polar surface area (TPSA) is 61.0 Å². The van der Waals surface area contributed by atoms with Crippen molar-refractivity contribution in [3.63, 3.8) is 0 Å². The monoisotopic (exact) mass is 269 g/mol. The van der Waals surface area contributed by atoms with Crippen molar-refractivity contribution in [2.45, 2.75) is 0 Å². The molecule has 1 aromatic carbocycles. The van der Waals surface area contributed by atoms with Crippen LogP contribution in [0.5, 0.6) is 5.75 Å². The highest BCUT2D eigenvalue weighted by Gasteiger charge is 2.10. The van der Waals surface area contributed by atoms with Gasteiger partial charge in [-0.1, -0.05) is 23.2 Å². The van der Waals surface area contributed by atoms with Gasteiger partial charge in [-0.2, -0.15) is 0 Å². The average Bonchev–Trinajstić information content (AvgIpc) is 2.33. The highest BCUT2D eigenvalue weighted by atomic mass is 35.5. The zero-order chi connectivity index (χ0) is 12.4. The molecule has 0 aliphatic rings. The third-order valence-corrected chi connectivity index (χ3v) is 2.81. The lowest BCUT2D eigenvalue weighted by Gasteiger charge is -2.08. The van der Waals surface area contributed by atoms with Gasteiger partial charge in [0.05, 0.1) is 22.8 Å². The summed E-state index contributed by atoms with van der Waals surface area (Å²) in [5.41, 5.74) is 6.76. The molecular formula is C11H9Cl2N3O. The van der Waals surface area contributed by atoms with E-state index in [0.29, 0.717) is 32.9 Å². The lowest BCUT2D eigenvalue weighted by Crippen LogP contribution is -1.94. The van der Waals surface area contributed by atoms with E-state index in [1.165, 1.54) is 7.11 Å². The fourth-order valence-electron chi connectivity index (χ4n) is 1.37. The molecule has 0 amide bonds. The molecule has 0 aliphatic heterocycles. The van der Waals surface area contributed by atoms with Crippen LogP contribution >= 0.6 is 23.2 Å². The van der Waals surface area contributed by atoms with E-state index >= 15 is 0 Å². The molecule has 1 heterocycles. The minimum absolute atomic E-state index is 0.351. The summed E-state index contributed by atoms with van der Waals surface area (Å²) in [4.78, 5) is 0. The van der Waals surface area contributed by atoms with Crippen LogP contribution in [-0.4, -0.2) is 17.3 Å². The van der Waals surface area contributed by atoms with E-state index in [1.807, 2.05) is 0 Å². The first-order valence-electron chi connectivity index (χ1n) is 4.74. The standard InChI is InChI=1S/C11H9Cl2N3O/c1-17-10-5-7(12)6(4-8(10)13)9-2-3-11(14)16-15-9/h2-5H,1H3,(H2,14,16). The molecule has 0 saturated carbocycles. The Morgan fingerprint density at radius 1 is 1.12 bits per heavy atom. The van der Waals surface area contributed by atoms with E-state index < -0.39 is 0 Å². The van der Waals surface area contributed by atoms with Crippen LogP contribution in [0.3, 0.4) is 0 Å². The van der Waals surface area contributed by atoms with Crippen LogP contribution in [0.4, 0.5) is 5.82 Å². The Kier molecular flexibility index (Phi) is 3.36. The van der Waals surface area contributed by atoms with Gasteiger partial charge in [0, 0.05) is 11.6 Å². The molecule has 0 spiro atoms. The first-order chi connectivity index (χ1) is 8.11. The molecule has 88 valence electrons. The molecule has 6 heteroatoms. The molecule has 4 nitrogen and oxygen atoms in total. The zero-order valence-corrected chi connectivity index (χ0v) is 10.5. The average molecular weight is 270 g/mol. The minimum Gasteiger partial charge on any atom is -0.495 e. The van der Waals surface area contributed by atoms with E-state index in [-0.39, 0.29) is 0 Å². The smallest absolute Gasteiger partial charge is 0.146 e. The summed E-state index contributed by atoms with van der Waals surface area (Å²) < 4.78 is 5.06. The van der Waals surface area contributed by atoms with Crippen LogP contribution in [0.25, 0.3) is 11.3 Å². The van der Waals surface area contributed by atoms with Gasteiger partial charge in [-0.05, 0) is 18.2 Å². The van der Waals surface area contributed by atoms with E-state index in [9.17, 15) is 0 Å².